The molecule has 1 aromatic rings. The van der Waals surface area contributed by atoms with Crippen LogP contribution in [-0.2, 0) is 13.0 Å². The fraction of sp³-hybridized carbons (Fsp3) is 0.833. The van der Waals surface area contributed by atoms with Gasteiger partial charge >= 0.3 is 0 Å². The Bertz CT molecular complexity index is 340. The highest BCUT2D eigenvalue weighted by Gasteiger charge is 2.03. The molecule has 1 N–H and O–H groups in total. The van der Waals surface area contributed by atoms with Crippen LogP contribution in [0, 0.1) is 4.77 Å². The van der Waals surface area contributed by atoms with Gasteiger partial charge in [-0.05, 0) is 25.6 Å². The molecule has 1 rings (SSSR count). The van der Waals surface area contributed by atoms with E-state index in [9.17, 15) is 0 Å². The fourth-order valence-electron chi connectivity index (χ4n) is 1.93. The molecule has 4 heteroatoms. The molecule has 0 atom stereocenters. The van der Waals surface area contributed by atoms with Crippen molar-refractivity contribution in [1.29, 1.82) is 0 Å². The van der Waals surface area contributed by atoms with Crippen molar-refractivity contribution in [3.63, 3.8) is 0 Å². The second kappa shape index (κ2) is 7.60. The van der Waals surface area contributed by atoms with Crippen molar-refractivity contribution in [2.75, 3.05) is 0 Å². The van der Waals surface area contributed by atoms with Crippen molar-refractivity contribution >= 4 is 12.2 Å². The van der Waals surface area contributed by atoms with Gasteiger partial charge in [0.05, 0.1) is 0 Å². The van der Waals surface area contributed by atoms with Crippen molar-refractivity contribution in [2.24, 2.45) is 0 Å². The summed E-state index contributed by atoms with van der Waals surface area (Å²) < 4.78 is 2.84. The minimum Gasteiger partial charge on any atom is -0.304 e. The summed E-state index contributed by atoms with van der Waals surface area (Å²) in [5.41, 5.74) is 0. The van der Waals surface area contributed by atoms with E-state index in [1.807, 2.05) is 0 Å². The van der Waals surface area contributed by atoms with Crippen LogP contribution in [0.5, 0.6) is 0 Å². The molecule has 0 aromatic carbocycles. The zero-order chi connectivity index (χ0) is 11.8. The number of nitrogens with zero attached hydrogens (tertiary/aromatic N) is 2. The van der Waals surface area contributed by atoms with Gasteiger partial charge in [0.25, 0.3) is 0 Å². The maximum absolute atomic E-state index is 5.15. The molecule has 1 heterocycles. The first-order chi connectivity index (χ1) is 7.79. The van der Waals surface area contributed by atoms with Gasteiger partial charge in [0, 0.05) is 13.0 Å². The lowest BCUT2D eigenvalue weighted by Crippen LogP contribution is -2.01. The van der Waals surface area contributed by atoms with Crippen LogP contribution in [0.1, 0.15) is 58.2 Å². The van der Waals surface area contributed by atoms with Gasteiger partial charge in [-0.2, -0.15) is 5.10 Å². The van der Waals surface area contributed by atoms with Crippen LogP contribution in [0.3, 0.4) is 0 Å². The Morgan fingerprint density at radius 1 is 1.12 bits per heavy atom. The zero-order valence-corrected chi connectivity index (χ0v) is 11.3. The molecule has 3 nitrogen and oxygen atoms in total. The van der Waals surface area contributed by atoms with Gasteiger partial charge in [-0.3, -0.25) is 5.10 Å². The van der Waals surface area contributed by atoms with Gasteiger partial charge in [-0.1, -0.05) is 39.0 Å². The Kier molecular flexibility index (Phi) is 6.38. The molecule has 0 bridgehead atoms. The first-order valence-corrected chi connectivity index (χ1v) is 6.84. The maximum Gasteiger partial charge on any atom is 0.195 e. The summed E-state index contributed by atoms with van der Waals surface area (Å²) >= 11 is 5.15. The predicted octanol–water partition coefficient (Wildman–Crippen LogP) is 3.86. The lowest BCUT2D eigenvalue weighted by molar-refractivity contribution is 0.586. The summed E-state index contributed by atoms with van der Waals surface area (Å²) in [6.07, 6.45) is 8.99. The van der Waals surface area contributed by atoms with E-state index in [1.165, 1.54) is 38.5 Å². The number of rotatable bonds is 8. The smallest absolute Gasteiger partial charge is 0.195 e. The van der Waals surface area contributed by atoms with Crippen LogP contribution in [0.2, 0.25) is 0 Å². The number of hydrogen-bond donors (Lipinski definition) is 1. The molecule has 0 aliphatic carbocycles. The number of unbranched alkanes of at least 4 members (excludes halogenated alkanes) is 5. The topological polar surface area (TPSA) is 33.6 Å². The monoisotopic (exact) mass is 241 g/mol. The molecule has 0 fully saturated rings. The first kappa shape index (κ1) is 13.4. The number of nitrogens with one attached hydrogen (secondary N) is 1. The zero-order valence-electron chi connectivity index (χ0n) is 10.5. The molecule has 0 spiro atoms. The third-order valence-corrected chi connectivity index (χ3v) is 3.22. The highest BCUT2D eigenvalue weighted by Crippen LogP contribution is 2.08. The quantitative estimate of drug-likeness (QED) is 0.554. The third kappa shape index (κ3) is 4.08. The van der Waals surface area contributed by atoms with E-state index in [2.05, 4.69) is 28.6 Å². The Balaban J connectivity index is 2.24. The van der Waals surface area contributed by atoms with E-state index in [4.69, 9.17) is 12.2 Å². The molecule has 16 heavy (non-hydrogen) atoms. The van der Waals surface area contributed by atoms with Crippen molar-refractivity contribution in [2.45, 2.75) is 65.3 Å². The lowest BCUT2D eigenvalue weighted by atomic mass is 10.1. The minimum absolute atomic E-state index is 0.753. The van der Waals surface area contributed by atoms with E-state index in [1.54, 1.807) is 0 Å². The van der Waals surface area contributed by atoms with Gasteiger partial charge in [0.2, 0.25) is 0 Å². The predicted molar refractivity (Wildman–Crippen MR) is 70.2 cm³/mol. The first-order valence-electron chi connectivity index (χ1n) is 6.43. The molecule has 0 saturated carbocycles. The molecule has 0 aliphatic heterocycles. The fourth-order valence-corrected chi connectivity index (χ4v) is 2.21. The van der Waals surface area contributed by atoms with Gasteiger partial charge in [-0.15, -0.1) is 0 Å². The Morgan fingerprint density at radius 3 is 2.50 bits per heavy atom. The SMILES string of the molecule is CCCCCCCCc1n[nH]c(=S)n1CC. The standard InChI is InChI=1S/C12H23N3S/c1-3-5-6-7-8-9-10-11-13-14-12(16)15(11)4-2/h3-10H2,1-2H3,(H,14,16). The summed E-state index contributed by atoms with van der Waals surface area (Å²) in [7, 11) is 0. The molecule has 0 unspecified atom stereocenters. The summed E-state index contributed by atoms with van der Waals surface area (Å²) in [6, 6.07) is 0. The van der Waals surface area contributed by atoms with Crippen LogP contribution in [0.25, 0.3) is 0 Å². The molecular formula is C12H23N3S. The Labute approximate surface area is 103 Å². The van der Waals surface area contributed by atoms with Crippen molar-refractivity contribution < 1.29 is 0 Å². The summed E-state index contributed by atoms with van der Waals surface area (Å²) in [6.45, 7) is 5.27. The van der Waals surface area contributed by atoms with Crippen LogP contribution in [0.4, 0.5) is 0 Å². The molecule has 1 aromatic heterocycles. The normalized spacial score (nSPS) is 10.9. The third-order valence-electron chi connectivity index (χ3n) is 2.91. The van der Waals surface area contributed by atoms with E-state index in [0.717, 1.165) is 23.6 Å². The molecule has 0 aliphatic rings. The van der Waals surface area contributed by atoms with E-state index >= 15 is 0 Å². The van der Waals surface area contributed by atoms with Gasteiger partial charge in [0.1, 0.15) is 5.82 Å². The van der Waals surface area contributed by atoms with Crippen LogP contribution in [-0.4, -0.2) is 14.8 Å². The van der Waals surface area contributed by atoms with Gasteiger partial charge in [-0.25, -0.2) is 0 Å². The largest absolute Gasteiger partial charge is 0.304 e. The van der Waals surface area contributed by atoms with Crippen LogP contribution in [0.15, 0.2) is 0 Å². The van der Waals surface area contributed by atoms with Crippen molar-refractivity contribution in [3.05, 3.63) is 10.6 Å². The summed E-state index contributed by atoms with van der Waals surface area (Å²) in [5.74, 6) is 1.11. The second-order valence-corrected chi connectivity index (χ2v) is 4.59. The van der Waals surface area contributed by atoms with E-state index in [-0.39, 0.29) is 0 Å². The molecule has 0 amide bonds. The summed E-state index contributed by atoms with van der Waals surface area (Å²) in [5, 5.41) is 7.13. The van der Waals surface area contributed by atoms with Crippen molar-refractivity contribution in [1.82, 2.24) is 14.8 Å². The molecule has 0 radical (unpaired) electrons. The number of H-pyrrole nitrogens is 1. The van der Waals surface area contributed by atoms with E-state index in [0.29, 0.717) is 0 Å². The Hall–Kier alpha value is -0.640. The highest BCUT2D eigenvalue weighted by molar-refractivity contribution is 7.71. The Morgan fingerprint density at radius 2 is 1.81 bits per heavy atom. The molecule has 92 valence electrons. The van der Waals surface area contributed by atoms with Crippen LogP contribution < -0.4 is 0 Å². The maximum atomic E-state index is 5.15. The van der Waals surface area contributed by atoms with Crippen LogP contribution >= 0.6 is 12.2 Å². The van der Waals surface area contributed by atoms with E-state index < -0.39 is 0 Å². The lowest BCUT2D eigenvalue weighted by Gasteiger charge is -2.03. The number of hydrogen-bond acceptors (Lipinski definition) is 2. The highest BCUT2D eigenvalue weighted by atomic mass is 32.1. The number of aromatic amines is 1. The number of aromatic nitrogens is 3. The van der Waals surface area contributed by atoms with Crippen molar-refractivity contribution in [3.8, 4) is 0 Å². The molecule has 0 saturated heterocycles. The number of aryl methyl sites for hydroxylation is 1. The average molecular weight is 241 g/mol. The summed E-state index contributed by atoms with van der Waals surface area (Å²) in [4.78, 5) is 0. The molecular weight excluding hydrogens is 218 g/mol. The minimum atomic E-state index is 0.753. The average Bonchev–Trinajstić information content (AvgIpc) is 2.64. The van der Waals surface area contributed by atoms with Gasteiger partial charge in [0.15, 0.2) is 4.77 Å². The second-order valence-electron chi connectivity index (χ2n) is 4.21. The van der Waals surface area contributed by atoms with Gasteiger partial charge < -0.3 is 4.57 Å².